The van der Waals surface area contributed by atoms with Crippen molar-refractivity contribution in [2.45, 2.75) is 32.9 Å². The van der Waals surface area contributed by atoms with E-state index in [0.717, 1.165) is 16.9 Å². The van der Waals surface area contributed by atoms with E-state index in [9.17, 15) is 4.79 Å². The van der Waals surface area contributed by atoms with Crippen molar-refractivity contribution in [1.29, 1.82) is 0 Å². The van der Waals surface area contributed by atoms with Crippen molar-refractivity contribution in [2.24, 2.45) is 5.73 Å². The molecule has 2 aromatic rings. The summed E-state index contributed by atoms with van der Waals surface area (Å²) in [5, 5.41) is 2.85. The van der Waals surface area contributed by atoms with E-state index in [4.69, 9.17) is 5.73 Å². The van der Waals surface area contributed by atoms with E-state index in [-0.39, 0.29) is 30.7 Å². The summed E-state index contributed by atoms with van der Waals surface area (Å²) < 4.78 is 2.10. The lowest BCUT2D eigenvalue weighted by Gasteiger charge is -2.11. The number of nitrogens with two attached hydrogens (primary N) is 1. The summed E-state index contributed by atoms with van der Waals surface area (Å²) in [6, 6.07) is 7.58. The molecule has 1 aromatic carbocycles. The molecule has 1 aromatic heterocycles. The molecule has 0 radical (unpaired) electrons. The number of amides is 1. The Morgan fingerprint density at radius 1 is 1.38 bits per heavy atom. The van der Waals surface area contributed by atoms with Gasteiger partial charge < -0.3 is 15.6 Å². The number of para-hydroxylation sites is 2. The van der Waals surface area contributed by atoms with Crippen LogP contribution in [0.15, 0.2) is 24.3 Å². The molecule has 0 aliphatic heterocycles. The van der Waals surface area contributed by atoms with E-state index in [2.05, 4.69) is 14.9 Å². The number of aryl methyl sites for hydroxylation is 1. The molecular formula is C14H22Cl2N4O. The molecule has 0 saturated heterocycles. The van der Waals surface area contributed by atoms with E-state index in [0.29, 0.717) is 19.5 Å². The van der Waals surface area contributed by atoms with Gasteiger partial charge in [0.25, 0.3) is 0 Å². The minimum atomic E-state index is -0.416. The molecule has 0 unspecified atom stereocenters. The van der Waals surface area contributed by atoms with Crippen LogP contribution in [0.5, 0.6) is 0 Å². The average molecular weight is 333 g/mol. The zero-order chi connectivity index (χ0) is 13.8. The fraction of sp³-hybridized carbons (Fsp3) is 0.429. The van der Waals surface area contributed by atoms with Gasteiger partial charge in [-0.25, -0.2) is 4.98 Å². The second-order valence-electron chi connectivity index (χ2n) is 4.61. The van der Waals surface area contributed by atoms with Crippen molar-refractivity contribution in [2.75, 3.05) is 6.54 Å². The highest BCUT2D eigenvalue weighted by Crippen LogP contribution is 2.14. The maximum Gasteiger partial charge on any atom is 0.236 e. The first-order valence-corrected chi connectivity index (χ1v) is 6.58. The second-order valence-corrected chi connectivity index (χ2v) is 4.61. The van der Waals surface area contributed by atoms with E-state index in [1.807, 2.05) is 38.1 Å². The van der Waals surface area contributed by atoms with Crippen LogP contribution in [0.4, 0.5) is 0 Å². The third-order valence-electron chi connectivity index (χ3n) is 3.26. The fourth-order valence-corrected chi connectivity index (χ4v) is 2.09. The Morgan fingerprint density at radius 3 is 2.71 bits per heavy atom. The first kappa shape index (κ1) is 19.7. The molecule has 1 heterocycles. The molecule has 2 rings (SSSR count). The van der Waals surface area contributed by atoms with E-state index in [1.165, 1.54) is 0 Å². The number of hydrogen-bond acceptors (Lipinski definition) is 3. The first-order valence-electron chi connectivity index (χ1n) is 6.58. The summed E-state index contributed by atoms with van der Waals surface area (Å²) in [5.74, 6) is 0.861. The summed E-state index contributed by atoms with van der Waals surface area (Å²) >= 11 is 0. The number of hydrogen-bond donors (Lipinski definition) is 2. The van der Waals surface area contributed by atoms with Crippen molar-refractivity contribution in [3.05, 3.63) is 30.1 Å². The minimum Gasteiger partial charge on any atom is -0.353 e. The molecule has 7 heteroatoms. The number of carbonyl (C=O) groups is 1. The Bertz CT molecular complexity index is 585. The topological polar surface area (TPSA) is 72.9 Å². The van der Waals surface area contributed by atoms with Gasteiger partial charge >= 0.3 is 0 Å². The van der Waals surface area contributed by atoms with Gasteiger partial charge in [-0.3, -0.25) is 4.79 Å². The van der Waals surface area contributed by atoms with Gasteiger partial charge in [0.15, 0.2) is 0 Å². The quantitative estimate of drug-likeness (QED) is 0.879. The lowest BCUT2D eigenvalue weighted by atomic mass is 10.2. The van der Waals surface area contributed by atoms with Gasteiger partial charge in [-0.05, 0) is 25.5 Å². The number of fused-ring (bicyclic) bond motifs is 1. The van der Waals surface area contributed by atoms with Gasteiger partial charge in [0.1, 0.15) is 5.82 Å². The Hall–Kier alpha value is -1.30. The van der Waals surface area contributed by atoms with Crippen LogP contribution in [0.3, 0.4) is 0 Å². The van der Waals surface area contributed by atoms with Gasteiger partial charge in [0.2, 0.25) is 5.91 Å². The monoisotopic (exact) mass is 332 g/mol. The maximum absolute atomic E-state index is 11.6. The number of benzene rings is 1. The summed E-state index contributed by atoms with van der Waals surface area (Å²) in [7, 11) is 0. The smallest absolute Gasteiger partial charge is 0.236 e. The number of carbonyl (C=O) groups excluding carboxylic acids is 1. The zero-order valence-electron chi connectivity index (χ0n) is 12.2. The molecule has 1 atom stereocenters. The lowest BCUT2D eigenvalue weighted by molar-refractivity contribution is -0.122. The molecule has 3 N–H and O–H groups in total. The van der Waals surface area contributed by atoms with E-state index < -0.39 is 6.04 Å². The zero-order valence-corrected chi connectivity index (χ0v) is 13.8. The molecule has 1 amide bonds. The summed E-state index contributed by atoms with van der Waals surface area (Å²) in [6.45, 7) is 5.14. The molecule has 118 valence electrons. The van der Waals surface area contributed by atoms with Crippen LogP contribution in [0, 0.1) is 6.92 Å². The van der Waals surface area contributed by atoms with Gasteiger partial charge in [0.05, 0.1) is 17.1 Å². The van der Waals surface area contributed by atoms with Crippen molar-refractivity contribution in [3.63, 3.8) is 0 Å². The first-order chi connectivity index (χ1) is 9.13. The second kappa shape index (κ2) is 8.87. The number of halogens is 2. The van der Waals surface area contributed by atoms with E-state index in [1.54, 1.807) is 0 Å². The number of nitrogens with zero attached hydrogens (tertiary/aromatic N) is 2. The molecule has 0 aliphatic rings. The SMILES string of the molecule is CC[C@H](N)C(=O)NCCn1c(C)nc2ccccc21.Cl.Cl. The van der Waals surface area contributed by atoms with Crippen LogP contribution in [-0.2, 0) is 11.3 Å². The lowest BCUT2D eigenvalue weighted by Crippen LogP contribution is -2.41. The van der Waals surface area contributed by atoms with Crippen LogP contribution >= 0.6 is 24.8 Å². The number of rotatable bonds is 5. The van der Waals surface area contributed by atoms with Gasteiger partial charge in [0, 0.05) is 13.1 Å². The van der Waals surface area contributed by atoms with Crippen LogP contribution in [0.2, 0.25) is 0 Å². The molecule has 0 spiro atoms. The molecule has 21 heavy (non-hydrogen) atoms. The predicted octanol–water partition coefficient (Wildman–Crippen LogP) is 2.04. The molecular weight excluding hydrogens is 311 g/mol. The van der Waals surface area contributed by atoms with Crippen LogP contribution < -0.4 is 11.1 Å². The Labute approximate surface area is 137 Å². The fourth-order valence-electron chi connectivity index (χ4n) is 2.09. The Balaban J connectivity index is 0.00000200. The normalized spacial score (nSPS) is 11.4. The van der Waals surface area contributed by atoms with E-state index >= 15 is 0 Å². The molecule has 0 saturated carbocycles. The summed E-state index contributed by atoms with van der Waals surface area (Å²) in [6.07, 6.45) is 0.652. The average Bonchev–Trinajstić information content (AvgIpc) is 2.74. The van der Waals surface area contributed by atoms with Gasteiger partial charge in [-0.15, -0.1) is 24.8 Å². The third-order valence-corrected chi connectivity index (χ3v) is 3.26. The number of aromatic nitrogens is 2. The maximum atomic E-state index is 11.6. The van der Waals surface area contributed by atoms with Crippen molar-refractivity contribution >= 4 is 41.8 Å². The molecule has 5 nitrogen and oxygen atoms in total. The predicted molar refractivity (Wildman–Crippen MR) is 90.2 cm³/mol. The van der Waals surface area contributed by atoms with Crippen LogP contribution in [0.1, 0.15) is 19.2 Å². The molecule has 0 bridgehead atoms. The highest BCUT2D eigenvalue weighted by atomic mass is 35.5. The Kier molecular flexibility index (Phi) is 8.32. The van der Waals surface area contributed by atoms with Crippen molar-refractivity contribution < 1.29 is 4.79 Å². The summed E-state index contributed by atoms with van der Waals surface area (Å²) in [5.41, 5.74) is 7.74. The van der Waals surface area contributed by atoms with Gasteiger partial charge in [-0.2, -0.15) is 0 Å². The molecule has 0 fully saturated rings. The van der Waals surface area contributed by atoms with Crippen LogP contribution in [0.25, 0.3) is 11.0 Å². The standard InChI is InChI=1S/C14H20N4O.2ClH/c1-3-11(15)14(19)16-8-9-18-10(2)17-12-6-4-5-7-13(12)18;;/h4-7,11H,3,8-9,15H2,1-2H3,(H,16,19);2*1H/t11-;;/m0../s1. The Morgan fingerprint density at radius 2 is 2.05 bits per heavy atom. The van der Waals surface area contributed by atoms with Crippen molar-refractivity contribution in [1.82, 2.24) is 14.9 Å². The summed E-state index contributed by atoms with van der Waals surface area (Å²) in [4.78, 5) is 16.1. The minimum absolute atomic E-state index is 0. The number of nitrogens with one attached hydrogen (secondary N) is 1. The highest BCUT2D eigenvalue weighted by molar-refractivity contribution is 5.85. The third kappa shape index (κ3) is 4.59. The van der Waals surface area contributed by atoms with Crippen molar-refractivity contribution in [3.8, 4) is 0 Å². The molecule has 0 aliphatic carbocycles. The largest absolute Gasteiger partial charge is 0.353 e. The van der Waals surface area contributed by atoms with Gasteiger partial charge in [-0.1, -0.05) is 19.1 Å². The van der Waals surface area contributed by atoms with Crippen LogP contribution in [-0.4, -0.2) is 28.0 Å². The highest BCUT2D eigenvalue weighted by Gasteiger charge is 2.11. The number of imidazole rings is 1.